The van der Waals surface area contributed by atoms with E-state index in [4.69, 9.17) is 7.03 Å². The zero-order valence-electron chi connectivity index (χ0n) is 5.39. The van der Waals surface area contributed by atoms with Gasteiger partial charge in [0.25, 0.3) is 0 Å². The van der Waals surface area contributed by atoms with Crippen LogP contribution in [0.25, 0.3) is 0 Å². The molecule has 6 heteroatoms. The first kappa shape index (κ1) is 22.8. The van der Waals surface area contributed by atoms with E-state index in [1.54, 1.807) is 0 Å². The molecule has 0 aliphatic heterocycles. The predicted molar refractivity (Wildman–Crippen MR) is 26.4 cm³/mol. The second-order valence-electron chi connectivity index (χ2n) is 0. The topological polar surface area (TPSA) is 34.1 Å². The summed E-state index contributed by atoms with van der Waals surface area (Å²) in [5.74, 6) is 0. The quantitative estimate of drug-likeness (QED) is 0.283. The van der Waals surface area contributed by atoms with Crippen molar-refractivity contribution in [3.05, 3.63) is 0 Å². The Morgan fingerprint density at radius 1 is 1.33 bits per heavy atom. The fraction of sp³-hybridized carbons (Fsp3) is 0. The second-order valence-corrected chi connectivity index (χ2v) is 0. The van der Waals surface area contributed by atoms with Crippen LogP contribution < -0.4 is 0 Å². The predicted octanol–water partition coefficient (Wildman–Crippen LogP) is -2.23. The Morgan fingerprint density at radius 2 is 1.33 bits per heavy atom. The third-order valence-corrected chi connectivity index (χ3v) is 0. The van der Waals surface area contributed by atoms with Crippen LogP contribution in [0, 0.1) is 0 Å². The zero-order chi connectivity index (χ0) is 4.00. The van der Waals surface area contributed by atoms with Gasteiger partial charge in [0.2, 0.25) is 0 Å². The maximum absolute atomic E-state index is 8.38. The van der Waals surface area contributed by atoms with Crippen LogP contribution >= 0.6 is 0 Å². The maximum atomic E-state index is 8.38. The second kappa shape index (κ2) is 40.0. The van der Waals surface area contributed by atoms with Gasteiger partial charge in [-0.05, 0) is 0 Å². The Hall–Kier alpha value is 3.38. The number of hydrogen-bond donors (Lipinski definition) is 0. The van der Waals surface area contributed by atoms with E-state index in [-0.39, 0.29) is 117 Å². The molecule has 2 nitrogen and oxygen atoms in total. The van der Waals surface area contributed by atoms with Gasteiger partial charge in [-0.1, -0.05) is 0 Å². The minimum atomic E-state index is 0. The van der Waals surface area contributed by atoms with Crippen molar-refractivity contribution in [2.75, 3.05) is 0 Å². The molecular weight excluding hydrogens is 630 g/mol. The fourth-order valence-electron chi connectivity index (χ4n) is 0. The van der Waals surface area contributed by atoms with E-state index in [1.165, 1.54) is 0 Å². The molecule has 0 fully saturated rings. The summed E-state index contributed by atoms with van der Waals surface area (Å²) in [4.78, 5) is 0. The van der Waals surface area contributed by atoms with Crippen molar-refractivity contribution in [2.24, 2.45) is 0 Å². The van der Waals surface area contributed by atoms with Crippen LogP contribution in [0.4, 0.5) is 0 Å². The van der Waals surface area contributed by atoms with Gasteiger partial charge < -0.3 is 2.85 Å². The van der Waals surface area contributed by atoms with Crippen LogP contribution in [0.15, 0.2) is 0 Å². The SMILES string of the molecule is [Ba+2].[H-].[H-].[O]=[GeH2].[O]=[Ta].[PbH2]. The average molecular weight is 636 g/mol. The van der Waals surface area contributed by atoms with Crippen LogP contribution in [0.5, 0.6) is 0 Å². The summed E-state index contributed by atoms with van der Waals surface area (Å²) in [5.41, 5.74) is 0. The Kier molecular flexibility index (Phi) is 152. The monoisotopic (exact) mass is 639 g/mol. The molecular formula is H6BaGeO2PbTa. The van der Waals surface area contributed by atoms with E-state index in [0.717, 1.165) is 0 Å². The Morgan fingerprint density at radius 3 is 1.33 bits per heavy atom. The molecule has 6 heavy (non-hydrogen) atoms. The fourth-order valence-corrected chi connectivity index (χ4v) is 0. The van der Waals surface area contributed by atoms with Crippen molar-refractivity contribution in [3.8, 4) is 0 Å². The molecule has 0 atom stereocenters. The van der Waals surface area contributed by atoms with E-state index >= 15 is 0 Å². The molecule has 0 aliphatic carbocycles. The Labute approximate surface area is 120 Å². The molecule has 0 aromatic heterocycles. The van der Waals surface area contributed by atoms with Gasteiger partial charge in [-0.15, -0.1) is 0 Å². The third kappa shape index (κ3) is 26.3. The average Bonchev–Trinajstić information content (AvgIpc) is 1.50. The first-order chi connectivity index (χ1) is 2.00. The van der Waals surface area contributed by atoms with Crippen molar-refractivity contribution in [1.82, 2.24) is 0 Å². The van der Waals surface area contributed by atoms with Crippen LogP contribution in [0.2, 0.25) is 0 Å². The van der Waals surface area contributed by atoms with E-state index < -0.39 is 0 Å². The number of rotatable bonds is 0. The molecule has 0 bridgehead atoms. The summed E-state index contributed by atoms with van der Waals surface area (Å²) in [6.45, 7) is 0. The molecule has 0 N–H and O–H groups in total. The van der Waals surface area contributed by atoms with Gasteiger partial charge >= 0.3 is 121 Å². The summed E-state index contributed by atoms with van der Waals surface area (Å²) >= 11 is 0.319. The van der Waals surface area contributed by atoms with Crippen molar-refractivity contribution >= 4 is 92.6 Å². The molecule has 0 aromatic carbocycles. The molecule has 2 radical (unpaired) electrons. The molecule has 0 unspecified atom stereocenters. The van der Waals surface area contributed by atoms with E-state index in [2.05, 4.69) is 0 Å². The summed E-state index contributed by atoms with van der Waals surface area (Å²) in [6, 6.07) is 0. The minimum absolute atomic E-state index is 0. The van der Waals surface area contributed by atoms with Crippen LogP contribution in [0.3, 0.4) is 0 Å². The van der Waals surface area contributed by atoms with Gasteiger partial charge in [-0.25, -0.2) is 0 Å². The standard InChI is InChI=1S/Ba.GeH2O.O.Pb.Ta.4H/c;1-2;;;;;;;/h;1H2;;;;;;;/q+2;;;;;;;2*-1. The summed E-state index contributed by atoms with van der Waals surface area (Å²) < 4.78 is 16.7. The van der Waals surface area contributed by atoms with Gasteiger partial charge in [-0.3, -0.25) is 0 Å². The van der Waals surface area contributed by atoms with Gasteiger partial charge in [0, 0.05) is 0 Å². The first-order valence-electron chi connectivity index (χ1n) is 0.471. The van der Waals surface area contributed by atoms with Gasteiger partial charge in [0.15, 0.2) is 0 Å². The molecule has 0 saturated heterocycles. The van der Waals surface area contributed by atoms with Crippen LogP contribution in [0.1, 0.15) is 2.85 Å². The van der Waals surface area contributed by atoms with E-state index in [9.17, 15) is 0 Å². The summed E-state index contributed by atoms with van der Waals surface area (Å²) in [5, 5.41) is 0. The summed E-state index contributed by atoms with van der Waals surface area (Å²) in [6.07, 6.45) is 0. The summed E-state index contributed by atoms with van der Waals surface area (Å²) in [7, 11) is 0. The van der Waals surface area contributed by atoms with Crippen molar-refractivity contribution in [1.29, 1.82) is 0 Å². The van der Waals surface area contributed by atoms with Crippen molar-refractivity contribution < 1.29 is 30.9 Å². The van der Waals surface area contributed by atoms with Gasteiger partial charge in [0.05, 0.1) is 0 Å². The van der Waals surface area contributed by atoms with Gasteiger partial charge in [-0.2, -0.15) is 0 Å². The molecule has 0 saturated carbocycles. The van der Waals surface area contributed by atoms with Crippen molar-refractivity contribution in [3.63, 3.8) is 0 Å². The molecule has 0 amide bonds. The molecule has 0 heterocycles. The zero-order valence-corrected chi connectivity index (χ0v) is 19.5. The molecule has 0 spiro atoms. The van der Waals surface area contributed by atoms with Crippen LogP contribution in [-0.2, 0) is 28.1 Å². The number of hydrogen-bond acceptors (Lipinski definition) is 2. The van der Waals surface area contributed by atoms with E-state index in [1.807, 2.05) is 0 Å². The third-order valence-electron chi connectivity index (χ3n) is 0. The van der Waals surface area contributed by atoms with Crippen LogP contribution in [-0.4, -0.2) is 92.6 Å². The van der Waals surface area contributed by atoms with E-state index in [0.29, 0.717) is 0 Å². The molecule has 0 aromatic rings. The first-order valence-corrected chi connectivity index (χ1v) is 2.99. The molecule has 0 rings (SSSR count). The van der Waals surface area contributed by atoms with Gasteiger partial charge in [0.1, 0.15) is 0 Å². The molecule has 0 aliphatic rings. The molecule has 33 valence electrons. The Bertz CT molecular complexity index is 22.0. The Balaban J connectivity index is -0.00000000167. The van der Waals surface area contributed by atoms with Crippen molar-refractivity contribution in [2.45, 2.75) is 0 Å². The normalized spacial score (nSPS) is 1.17.